The fourth-order valence-electron chi connectivity index (χ4n) is 8.72. The number of aliphatic hydroxyl groups is 1. The van der Waals surface area contributed by atoms with Gasteiger partial charge in [0.05, 0.1) is 17.7 Å². The fraction of sp³-hybridized carbons (Fsp3) is 0.781. The average Bonchev–Trinajstić information content (AvgIpc) is 3.44. The van der Waals surface area contributed by atoms with E-state index in [4.69, 9.17) is 0 Å². The molecule has 10 heteroatoms. The summed E-state index contributed by atoms with van der Waals surface area (Å²) >= 11 is 0. The van der Waals surface area contributed by atoms with E-state index in [-0.39, 0.29) is 23.9 Å². The number of hydrogen-bond donors (Lipinski definition) is 2. The normalized spacial score (nSPS) is 31.0. The number of pyridine rings is 1. The minimum Gasteiger partial charge on any atom is -0.395 e. The van der Waals surface area contributed by atoms with Gasteiger partial charge in [-0.2, -0.15) is 13.2 Å². The van der Waals surface area contributed by atoms with Crippen molar-refractivity contribution in [2.24, 2.45) is 29.6 Å². The second-order valence-corrected chi connectivity index (χ2v) is 14.0. The Kier molecular flexibility index (Phi) is 8.80. The summed E-state index contributed by atoms with van der Waals surface area (Å²) in [6.07, 6.45) is 8.20. The van der Waals surface area contributed by atoms with Gasteiger partial charge in [0.2, 0.25) is 0 Å². The Bertz CT molecular complexity index is 1290. The van der Waals surface area contributed by atoms with E-state index in [1.54, 1.807) is 10.8 Å². The number of aromatic nitrogens is 2. The lowest BCUT2D eigenvalue weighted by Crippen LogP contribution is -2.48. The average molecular weight is 592 g/mol. The highest BCUT2D eigenvalue weighted by Crippen LogP contribution is 2.48. The van der Waals surface area contributed by atoms with Gasteiger partial charge in [-0.15, -0.1) is 0 Å². The summed E-state index contributed by atoms with van der Waals surface area (Å²) in [7, 11) is 0. The predicted molar refractivity (Wildman–Crippen MR) is 157 cm³/mol. The quantitative estimate of drug-likeness (QED) is 0.436. The summed E-state index contributed by atoms with van der Waals surface area (Å²) in [6, 6.07) is 1.49. The first-order valence-corrected chi connectivity index (χ1v) is 16.3. The molecule has 6 rings (SSSR count). The maximum absolute atomic E-state index is 14.4. The lowest BCUT2D eigenvalue weighted by Gasteiger charge is -2.46. The first-order chi connectivity index (χ1) is 20.1. The number of halogens is 3. The number of alkyl halides is 3. The maximum Gasteiger partial charge on any atom is 0.418 e. The van der Waals surface area contributed by atoms with Crippen molar-refractivity contribution < 1.29 is 18.3 Å². The Morgan fingerprint density at radius 3 is 2.48 bits per heavy atom. The second-order valence-electron chi connectivity index (χ2n) is 14.0. The number of piperidine rings is 1. The minimum absolute atomic E-state index is 0.0355. The summed E-state index contributed by atoms with van der Waals surface area (Å²) in [5.41, 5.74) is 3.16. The van der Waals surface area contributed by atoms with Crippen molar-refractivity contribution in [3.8, 4) is 0 Å². The first kappa shape index (κ1) is 30.2. The van der Waals surface area contributed by atoms with Crippen LogP contribution in [0.1, 0.15) is 88.8 Å². The maximum atomic E-state index is 14.4. The van der Waals surface area contributed by atoms with Crippen LogP contribution in [0.3, 0.4) is 0 Å². The molecule has 2 aliphatic heterocycles. The number of nitrogens with one attached hydrogen (secondary N) is 1. The Labute approximate surface area is 247 Å². The number of hydrazine groups is 1. The molecule has 6 atom stereocenters. The van der Waals surface area contributed by atoms with Gasteiger partial charge < -0.3 is 5.11 Å². The van der Waals surface area contributed by atoms with Gasteiger partial charge in [-0.1, -0.05) is 39.5 Å². The number of β-amino-alcohol motifs (C(OH)–C–C–N with tert-alkyl or cyclic N) is 1. The Balaban J connectivity index is 1.28. The second kappa shape index (κ2) is 12.3. The molecule has 234 valence electrons. The monoisotopic (exact) mass is 591 g/mol. The molecule has 2 aliphatic carbocycles. The molecule has 2 aromatic heterocycles. The molecule has 0 amide bonds. The molecule has 7 nitrogen and oxygen atoms in total. The smallest absolute Gasteiger partial charge is 0.395 e. The van der Waals surface area contributed by atoms with Crippen molar-refractivity contribution >= 4 is 5.52 Å². The van der Waals surface area contributed by atoms with Crippen LogP contribution in [-0.4, -0.2) is 62.8 Å². The number of imidazole rings is 1. The van der Waals surface area contributed by atoms with Crippen molar-refractivity contribution in [2.75, 3.05) is 32.8 Å². The third-order valence-electron chi connectivity index (χ3n) is 10.9. The van der Waals surface area contributed by atoms with Crippen LogP contribution >= 0.6 is 0 Å². The van der Waals surface area contributed by atoms with E-state index in [1.165, 1.54) is 35.9 Å². The number of hydrogen-bond acceptors (Lipinski definition) is 5. The van der Waals surface area contributed by atoms with E-state index < -0.39 is 11.7 Å². The molecular formula is C32H48F3N5O2. The molecule has 0 aromatic carbocycles. The van der Waals surface area contributed by atoms with Gasteiger partial charge >= 0.3 is 11.9 Å². The summed E-state index contributed by atoms with van der Waals surface area (Å²) in [4.78, 5) is 16.0. The highest BCUT2D eigenvalue weighted by atomic mass is 19.4. The molecule has 2 N–H and O–H groups in total. The van der Waals surface area contributed by atoms with Gasteiger partial charge in [0.1, 0.15) is 0 Å². The molecule has 4 heterocycles. The van der Waals surface area contributed by atoms with Crippen LogP contribution in [0.25, 0.3) is 5.52 Å². The number of rotatable bonds is 8. The Morgan fingerprint density at radius 1 is 1.02 bits per heavy atom. The summed E-state index contributed by atoms with van der Waals surface area (Å²) in [5.74, 6) is 2.51. The van der Waals surface area contributed by atoms with Crippen molar-refractivity contribution in [2.45, 2.75) is 96.4 Å². The zero-order valence-corrected chi connectivity index (χ0v) is 25.2. The van der Waals surface area contributed by atoms with Crippen LogP contribution in [0.4, 0.5) is 13.2 Å². The van der Waals surface area contributed by atoms with Gasteiger partial charge in [0, 0.05) is 50.7 Å². The largest absolute Gasteiger partial charge is 0.418 e. The molecule has 2 saturated carbocycles. The van der Waals surface area contributed by atoms with Crippen molar-refractivity contribution in [1.29, 1.82) is 0 Å². The van der Waals surface area contributed by atoms with E-state index in [0.717, 1.165) is 58.2 Å². The molecule has 4 fully saturated rings. The lowest BCUT2D eigenvalue weighted by molar-refractivity contribution is -0.136. The minimum atomic E-state index is -4.54. The van der Waals surface area contributed by atoms with Crippen LogP contribution in [-0.2, 0) is 12.7 Å². The highest BCUT2D eigenvalue weighted by molar-refractivity contribution is 5.56. The SMILES string of the molecule is CC1CN(CCO)NC1[C@@H](C1CCC1)C1CCCC(n2cc3c(C(F)(F)F)cc(CN4CCC[C@H](C)C4)cn3c2=O)C1. The van der Waals surface area contributed by atoms with Gasteiger partial charge in [0.15, 0.2) is 0 Å². The topological polar surface area (TPSA) is 65.2 Å². The number of fused-ring (bicyclic) bond motifs is 1. The van der Waals surface area contributed by atoms with Crippen molar-refractivity contribution in [3.63, 3.8) is 0 Å². The van der Waals surface area contributed by atoms with Gasteiger partial charge in [-0.3, -0.25) is 19.3 Å². The van der Waals surface area contributed by atoms with Crippen LogP contribution in [0.15, 0.2) is 23.3 Å². The molecule has 2 aromatic rings. The van der Waals surface area contributed by atoms with E-state index in [0.29, 0.717) is 54.3 Å². The van der Waals surface area contributed by atoms with Crippen LogP contribution in [0.2, 0.25) is 0 Å². The third kappa shape index (κ3) is 6.06. The molecule has 2 saturated heterocycles. The predicted octanol–water partition coefficient (Wildman–Crippen LogP) is 5.32. The highest BCUT2D eigenvalue weighted by Gasteiger charge is 2.45. The van der Waals surface area contributed by atoms with Crippen molar-refractivity contribution in [1.82, 2.24) is 24.3 Å². The molecule has 4 aliphatic rings. The number of nitrogens with zero attached hydrogens (tertiary/aromatic N) is 4. The first-order valence-electron chi connectivity index (χ1n) is 16.3. The molecule has 0 radical (unpaired) electrons. The van der Waals surface area contributed by atoms with E-state index >= 15 is 0 Å². The molecule has 0 bridgehead atoms. The zero-order chi connectivity index (χ0) is 29.6. The molecular weight excluding hydrogens is 543 g/mol. The van der Waals surface area contributed by atoms with E-state index in [1.807, 2.05) is 0 Å². The number of aliphatic hydroxyl groups excluding tert-OH is 1. The third-order valence-corrected chi connectivity index (χ3v) is 10.9. The van der Waals surface area contributed by atoms with Crippen LogP contribution in [0, 0.1) is 29.6 Å². The van der Waals surface area contributed by atoms with Crippen LogP contribution in [0.5, 0.6) is 0 Å². The fourth-order valence-corrected chi connectivity index (χ4v) is 8.72. The van der Waals surface area contributed by atoms with E-state index in [9.17, 15) is 23.1 Å². The zero-order valence-electron chi connectivity index (χ0n) is 25.2. The van der Waals surface area contributed by atoms with Crippen molar-refractivity contribution in [3.05, 3.63) is 40.1 Å². The Hall–Kier alpha value is -1.88. The van der Waals surface area contributed by atoms with Gasteiger partial charge in [-0.25, -0.2) is 9.80 Å². The number of likely N-dealkylation sites (tertiary alicyclic amines) is 1. The molecule has 4 unspecified atom stereocenters. The van der Waals surface area contributed by atoms with Crippen LogP contribution < -0.4 is 11.1 Å². The summed E-state index contributed by atoms with van der Waals surface area (Å²) in [5, 5.41) is 11.6. The Morgan fingerprint density at radius 2 is 1.79 bits per heavy atom. The van der Waals surface area contributed by atoms with E-state index in [2.05, 4.69) is 29.2 Å². The summed E-state index contributed by atoms with van der Waals surface area (Å²) < 4.78 is 46.0. The van der Waals surface area contributed by atoms with Gasteiger partial charge in [0.25, 0.3) is 0 Å². The molecule has 0 spiro atoms. The lowest BCUT2D eigenvalue weighted by atomic mass is 9.62. The standard InChI is InChI=1S/C32H48F3N5O2/c1-21-6-5-11-37(16-21)18-23-14-27(32(33,34)35)28-20-39(31(42)40(28)19-23)26-10-4-9-25(15-26)29(24-7-3-8-24)30-22(2)17-38(36-30)12-13-41/h14,19-22,24-26,29-30,36,41H,3-13,15-18H2,1-2H3/t21-,22?,25?,26?,29-,30?/m0/s1. The van der Waals surface area contributed by atoms with Gasteiger partial charge in [-0.05, 0) is 79.9 Å². The summed E-state index contributed by atoms with van der Waals surface area (Å²) in [6.45, 7) is 8.28. The molecule has 42 heavy (non-hydrogen) atoms.